The maximum Gasteiger partial charge on any atom is 0.363 e. The van der Waals surface area contributed by atoms with Crippen LogP contribution in [0.1, 0.15) is 18.1 Å². The van der Waals surface area contributed by atoms with Crippen molar-refractivity contribution in [3.63, 3.8) is 0 Å². The Balaban J connectivity index is 3.10. The molecule has 0 radical (unpaired) electrons. The van der Waals surface area contributed by atoms with E-state index in [9.17, 15) is 9.18 Å². The van der Waals surface area contributed by atoms with Crippen LogP contribution in [0.5, 0.6) is 0 Å². The van der Waals surface area contributed by atoms with Crippen molar-refractivity contribution < 1.29 is 13.9 Å². The first-order chi connectivity index (χ1) is 7.54. The van der Waals surface area contributed by atoms with Gasteiger partial charge in [-0.15, -0.1) is 0 Å². The van der Waals surface area contributed by atoms with Crippen LogP contribution in [0.4, 0.5) is 4.39 Å². The van der Waals surface area contributed by atoms with Gasteiger partial charge in [0, 0.05) is 5.56 Å². The smallest absolute Gasteiger partial charge is 0.363 e. The Morgan fingerprint density at radius 1 is 1.50 bits per heavy atom. The van der Waals surface area contributed by atoms with E-state index in [1.165, 1.54) is 18.2 Å². The number of alkyl halides is 1. The van der Waals surface area contributed by atoms with E-state index in [0.29, 0.717) is 0 Å². The van der Waals surface area contributed by atoms with E-state index in [1.807, 2.05) is 6.92 Å². The second kappa shape index (κ2) is 4.75. The van der Waals surface area contributed by atoms with Gasteiger partial charge in [-0.2, -0.15) is 5.26 Å². The van der Waals surface area contributed by atoms with Crippen molar-refractivity contribution in [2.75, 3.05) is 6.61 Å². The summed E-state index contributed by atoms with van der Waals surface area (Å²) in [7, 11) is 0. The van der Waals surface area contributed by atoms with E-state index in [2.05, 4.69) is 4.74 Å². The molecule has 1 rings (SSSR count). The Morgan fingerprint density at radius 3 is 2.50 bits per heavy atom. The summed E-state index contributed by atoms with van der Waals surface area (Å²) in [6.07, 6.45) is 0. The van der Waals surface area contributed by atoms with Crippen molar-refractivity contribution in [1.82, 2.24) is 0 Å². The zero-order valence-corrected chi connectivity index (χ0v) is 9.16. The average Bonchev–Trinajstić information content (AvgIpc) is 2.29. The molecule has 0 aliphatic carbocycles. The van der Waals surface area contributed by atoms with Crippen molar-refractivity contribution in [1.29, 1.82) is 5.26 Å². The van der Waals surface area contributed by atoms with Crippen LogP contribution >= 0.6 is 0 Å². The number of carbonyl (C=O) groups excluding carboxylic acids is 1. The molecule has 1 aromatic carbocycles. The van der Waals surface area contributed by atoms with Crippen molar-refractivity contribution in [2.24, 2.45) is 0 Å². The van der Waals surface area contributed by atoms with Gasteiger partial charge in [0.15, 0.2) is 0 Å². The highest BCUT2D eigenvalue weighted by Crippen LogP contribution is 2.27. The number of nitrogens with zero attached hydrogens (tertiary/aromatic N) is 1. The Kier molecular flexibility index (Phi) is 3.62. The summed E-state index contributed by atoms with van der Waals surface area (Å²) >= 11 is 0. The quantitative estimate of drug-likeness (QED) is 0.735. The van der Waals surface area contributed by atoms with Gasteiger partial charge in [-0.05, 0) is 13.8 Å². The van der Waals surface area contributed by atoms with Crippen molar-refractivity contribution in [3.8, 4) is 6.07 Å². The molecular weight excluding hydrogens is 209 g/mol. The maximum atomic E-state index is 14.1. The molecule has 0 spiro atoms. The van der Waals surface area contributed by atoms with Gasteiger partial charge in [0.05, 0.1) is 6.61 Å². The number of ether oxygens (including phenoxy) is 1. The largest absolute Gasteiger partial charge is 0.463 e. The number of aryl methyl sites for hydroxylation is 1. The Morgan fingerprint density at radius 2 is 2.06 bits per heavy atom. The van der Waals surface area contributed by atoms with E-state index < -0.39 is 11.6 Å². The van der Waals surface area contributed by atoms with Crippen molar-refractivity contribution in [2.45, 2.75) is 19.5 Å². The zero-order valence-electron chi connectivity index (χ0n) is 9.16. The highest BCUT2D eigenvalue weighted by Gasteiger charge is 2.42. The van der Waals surface area contributed by atoms with Gasteiger partial charge < -0.3 is 4.74 Å². The molecule has 0 aromatic heterocycles. The molecule has 0 N–H and O–H groups in total. The van der Waals surface area contributed by atoms with Gasteiger partial charge in [-0.25, -0.2) is 9.18 Å². The molecule has 1 atom stereocenters. The number of benzene rings is 1. The van der Waals surface area contributed by atoms with Crippen LogP contribution in [-0.4, -0.2) is 12.6 Å². The Hall–Kier alpha value is -1.89. The molecule has 0 saturated carbocycles. The lowest BCUT2D eigenvalue weighted by molar-refractivity contribution is -0.154. The SMILES string of the molecule is CCOC(=O)[C@](F)(C#N)c1ccc(C)cc1. The van der Waals surface area contributed by atoms with Gasteiger partial charge in [0.1, 0.15) is 6.07 Å². The van der Waals surface area contributed by atoms with Gasteiger partial charge in [-0.1, -0.05) is 29.8 Å². The number of rotatable bonds is 3. The summed E-state index contributed by atoms with van der Waals surface area (Å²) in [5.74, 6) is -1.17. The third-order valence-corrected chi connectivity index (χ3v) is 2.16. The molecule has 0 heterocycles. The summed E-state index contributed by atoms with van der Waals surface area (Å²) < 4.78 is 18.7. The summed E-state index contributed by atoms with van der Waals surface area (Å²) in [5.41, 5.74) is -1.80. The molecule has 84 valence electrons. The van der Waals surface area contributed by atoms with Gasteiger partial charge >= 0.3 is 11.6 Å². The van der Waals surface area contributed by atoms with Gasteiger partial charge in [0.2, 0.25) is 0 Å². The molecule has 0 bridgehead atoms. The summed E-state index contributed by atoms with van der Waals surface area (Å²) in [4.78, 5) is 11.4. The van der Waals surface area contributed by atoms with Gasteiger partial charge in [-0.3, -0.25) is 0 Å². The number of hydrogen-bond acceptors (Lipinski definition) is 3. The normalized spacial score (nSPS) is 13.6. The Labute approximate surface area is 93.5 Å². The fourth-order valence-electron chi connectivity index (χ4n) is 1.24. The number of carbonyl (C=O) groups is 1. The van der Waals surface area contributed by atoms with Crippen LogP contribution in [-0.2, 0) is 15.2 Å². The first-order valence-electron chi connectivity index (χ1n) is 4.89. The first-order valence-corrected chi connectivity index (χ1v) is 4.89. The molecule has 0 unspecified atom stereocenters. The van der Waals surface area contributed by atoms with E-state index in [-0.39, 0.29) is 12.2 Å². The molecule has 0 aliphatic heterocycles. The molecule has 3 nitrogen and oxygen atoms in total. The lowest BCUT2D eigenvalue weighted by atomic mass is 9.96. The van der Waals surface area contributed by atoms with Gasteiger partial charge in [0.25, 0.3) is 0 Å². The summed E-state index contributed by atoms with van der Waals surface area (Å²) in [6.45, 7) is 3.43. The minimum Gasteiger partial charge on any atom is -0.463 e. The zero-order chi connectivity index (χ0) is 12.2. The van der Waals surface area contributed by atoms with E-state index in [1.54, 1.807) is 19.1 Å². The highest BCUT2D eigenvalue weighted by molar-refractivity contribution is 5.84. The number of halogens is 1. The molecule has 0 saturated heterocycles. The third kappa shape index (κ3) is 2.19. The second-order valence-electron chi connectivity index (χ2n) is 3.36. The molecule has 4 heteroatoms. The summed E-state index contributed by atoms with van der Waals surface area (Å²) in [6, 6.07) is 7.46. The van der Waals surface area contributed by atoms with Crippen LogP contribution in [0.15, 0.2) is 24.3 Å². The fraction of sp³-hybridized carbons (Fsp3) is 0.333. The highest BCUT2D eigenvalue weighted by atomic mass is 19.1. The van der Waals surface area contributed by atoms with E-state index >= 15 is 0 Å². The van der Waals surface area contributed by atoms with Crippen molar-refractivity contribution in [3.05, 3.63) is 35.4 Å². The predicted octanol–water partition coefficient (Wildman–Crippen LogP) is 2.25. The standard InChI is InChI=1S/C12H12FNO2/c1-3-16-11(15)12(13,8-14)10-6-4-9(2)5-7-10/h4-7H,3H2,1-2H3/t12-/m0/s1. The topological polar surface area (TPSA) is 50.1 Å². The van der Waals surface area contributed by atoms with Crippen LogP contribution in [0, 0.1) is 18.3 Å². The lowest BCUT2D eigenvalue weighted by Gasteiger charge is -2.15. The first kappa shape index (κ1) is 12.2. The number of nitriles is 1. The van der Waals surface area contributed by atoms with Crippen LogP contribution < -0.4 is 0 Å². The Bertz CT molecular complexity index is 422. The molecule has 0 amide bonds. The number of hydrogen-bond donors (Lipinski definition) is 0. The minimum absolute atomic E-state index is 0.000880. The molecule has 1 aromatic rings. The van der Waals surface area contributed by atoms with E-state index in [0.717, 1.165) is 5.56 Å². The molecule has 0 fully saturated rings. The van der Waals surface area contributed by atoms with Crippen LogP contribution in [0.3, 0.4) is 0 Å². The average molecular weight is 221 g/mol. The number of esters is 1. The minimum atomic E-state index is -2.72. The van der Waals surface area contributed by atoms with Crippen LogP contribution in [0.2, 0.25) is 0 Å². The third-order valence-electron chi connectivity index (χ3n) is 2.16. The maximum absolute atomic E-state index is 14.1. The van der Waals surface area contributed by atoms with Crippen LogP contribution in [0.25, 0.3) is 0 Å². The molecule has 16 heavy (non-hydrogen) atoms. The second-order valence-corrected chi connectivity index (χ2v) is 3.36. The molecular formula is C12H12FNO2. The van der Waals surface area contributed by atoms with E-state index in [4.69, 9.17) is 5.26 Å². The fourth-order valence-corrected chi connectivity index (χ4v) is 1.24. The molecule has 0 aliphatic rings. The monoisotopic (exact) mass is 221 g/mol. The van der Waals surface area contributed by atoms with Crippen molar-refractivity contribution >= 4 is 5.97 Å². The lowest BCUT2D eigenvalue weighted by Crippen LogP contribution is -2.31. The predicted molar refractivity (Wildman–Crippen MR) is 56.2 cm³/mol. The summed E-state index contributed by atoms with van der Waals surface area (Å²) in [5, 5.41) is 8.78.